The normalized spacial score (nSPS) is 14.1. The molecule has 2 aromatic carbocycles. The van der Waals surface area contributed by atoms with Crippen molar-refractivity contribution < 1.29 is 33.5 Å². The van der Waals surface area contributed by atoms with Gasteiger partial charge in [0.05, 0.1) is 15.5 Å². The topological polar surface area (TPSA) is 134 Å². The van der Waals surface area contributed by atoms with Gasteiger partial charge in [-0.05, 0) is 29.8 Å². The van der Waals surface area contributed by atoms with E-state index in [0.717, 1.165) is 6.07 Å². The molecule has 11 heteroatoms. The molecule has 0 radical (unpaired) electrons. The van der Waals surface area contributed by atoms with E-state index in [4.69, 9.17) is 25.8 Å². The molecule has 2 aromatic rings. The number of carbonyl (C=O) groups excluding carboxylic acids is 3. The summed E-state index contributed by atoms with van der Waals surface area (Å²) in [6, 6.07) is 7.93. The second kappa shape index (κ2) is 8.76. The average molecular weight is 445 g/mol. The summed E-state index contributed by atoms with van der Waals surface area (Å²) in [6.07, 6.45) is 1.36. The van der Waals surface area contributed by atoms with E-state index in [0.29, 0.717) is 5.56 Å². The largest absolute Gasteiger partial charge is 0.423 e. The molecular formula is C20H13ClN2O8. The van der Waals surface area contributed by atoms with Crippen molar-refractivity contribution in [2.24, 2.45) is 4.99 Å². The number of nitrogens with zero attached hydrogens (tertiary/aromatic N) is 2. The Hall–Kier alpha value is -4.05. The molecule has 0 saturated carbocycles. The summed E-state index contributed by atoms with van der Waals surface area (Å²) in [4.78, 5) is 49.1. The van der Waals surface area contributed by atoms with Gasteiger partial charge in [-0.25, -0.2) is 9.79 Å². The summed E-state index contributed by atoms with van der Waals surface area (Å²) in [7, 11) is 0. The molecule has 0 bridgehead atoms. The number of nitro groups is 1. The molecule has 0 unspecified atom stereocenters. The van der Waals surface area contributed by atoms with Crippen molar-refractivity contribution in [3.05, 3.63) is 68.4 Å². The number of benzene rings is 2. The van der Waals surface area contributed by atoms with Crippen molar-refractivity contribution in [2.75, 3.05) is 0 Å². The maximum atomic E-state index is 12.2. The zero-order valence-corrected chi connectivity index (χ0v) is 16.8. The first-order chi connectivity index (χ1) is 14.6. The van der Waals surface area contributed by atoms with Gasteiger partial charge in [-0.1, -0.05) is 17.7 Å². The molecular weight excluding hydrogens is 432 g/mol. The standard InChI is InChI=1S/C20H13ClN2O8/c1-10(24)29-17-6-3-12(8-18(17)30-11(2)25)7-16-20(26)31-19(22-16)14-5-4-13(23(27)28)9-15(14)21/h3-9H,1-2H3. The third kappa shape index (κ3) is 5.11. The van der Waals surface area contributed by atoms with Gasteiger partial charge in [0.1, 0.15) is 0 Å². The van der Waals surface area contributed by atoms with Gasteiger partial charge in [0, 0.05) is 26.0 Å². The highest BCUT2D eigenvalue weighted by molar-refractivity contribution is 6.34. The van der Waals surface area contributed by atoms with Crippen LogP contribution in [-0.2, 0) is 19.1 Å². The number of cyclic esters (lactones) is 1. The Labute approximate surface area is 179 Å². The van der Waals surface area contributed by atoms with Crippen LogP contribution >= 0.6 is 11.6 Å². The third-order valence-corrected chi connectivity index (χ3v) is 4.11. The Kier molecular flexibility index (Phi) is 6.12. The van der Waals surface area contributed by atoms with Crippen molar-refractivity contribution in [3.8, 4) is 11.5 Å². The number of rotatable bonds is 5. The van der Waals surface area contributed by atoms with Gasteiger partial charge in [-0.15, -0.1) is 0 Å². The van der Waals surface area contributed by atoms with Crippen LogP contribution in [0.5, 0.6) is 11.5 Å². The highest BCUT2D eigenvalue weighted by atomic mass is 35.5. The predicted octanol–water partition coefficient (Wildman–Crippen LogP) is 3.44. The fraction of sp³-hybridized carbons (Fsp3) is 0.100. The molecule has 0 saturated heterocycles. The van der Waals surface area contributed by atoms with Crippen molar-refractivity contribution >= 4 is 47.2 Å². The lowest BCUT2D eigenvalue weighted by molar-refractivity contribution is -0.384. The van der Waals surface area contributed by atoms with Crippen molar-refractivity contribution in [1.29, 1.82) is 0 Å². The highest BCUT2D eigenvalue weighted by Crippen LogP contribution is 2.31. The van der Waals surface area contributed by atoms with Crippen LogP contribution < -0.4 is 9.47 Å². The summed E-state index contributed by atoms with van der Waals surface area (Å²) in [5.74, 6) is -2.12. The third-order valence-electron chi connectivity index (χ3n) is 3.79. The molecule has 1 heterocycles. The summed E-state index contributed by atoms with van der Waals surface area (Å²) >= 11 is 6.05. The highest BCUT2D eigenvalue weighted by Gasteiger charge is 2.26. The summed E-state index contributed by atoms with van der Waals surface area (Å²) in [5, 5.41) is 10.8. The number of halogens is 1. The maximum Gasteiger partial charge on any atom is 0.363 e. The van der Waals surface area contributed by atoms with Crippen LogP contribution in [0.1, 0.15) is 25.0 Å². The Morgan fingerprint density at radius 2 is 1.77 bits per heavy atom. The Balaban J connectivity index is 1.95. The minimum Gasteiger partial charge on any atom is -0.423 e. The van der Waals surface area contributed by atoms with Crippen LogP contribution in [0.2, 0.25) is 5.02 Å². The average Bonchev–Trinajstić information content (AvgIpc) is 3.03. The second-order valence-corrected chi connectivity index (χ2v) is 6.56. The molecule has 0 amide bonds. The minimum absolute atomic E-state index is 0.00937. The summed E-state index contributed by atoms with van der Waals surface area (Å²) in [5.41, 5.74) is 0.299. The molecule has 31 heavy (non-hydrogen) atoms. The number of carbonyl (C=O) groups is 3. The van der Waals surface area contributed by atoms with E-state index in [-0.39, 0.29) is 39.4 Å². The molecule has 0 atom stereocenters. The first-order valence-electron chi connectivity index (χ1n) is 8.62. The van der Waals surface area contributed by atoms with Crippen LogP contribution in [0.15, 0.2) is 47.1 Å². The SMILES string of the molecule is CC(=O)Oc1ccc(C=C2N=C(c3ccc([N+](=O)[O-])cc3Cl)OC2=O)cc1OC(C)=O. The van der Waals surface area contributed by atoms with Gasteiger partial charge in [0.15, 0.2) is 17.2 Å². The first-order valence-corrected chi connectivity index (χ1v) is 8.99. The van der Waals surface area contributed by atoms with Crippen molar-refractivity contribution in [2.45, 2.75) is 13.8 Å². The molecule has 0 aliphatic carbocycles. The quantitative estimate of drug-likeness (QED) is 0.225. The van der Waals surface area contributed by atoms with E-state index in [2.05, 4.69) is 4.99 Å². The van der Waals surface area contributed by atoms with E-state index in [9.17, 15) is 24.5 Å². The second-order valence-electron chi connectivity index (χ2n) is 6.15. The van der Waals surface area contributed by atoms with Gasteiger partial charge >= 0.3 is 17.9 Å². The number of esters is 3. The summed E-state index contributed by atoms with van der Waals surface area (Å²) in [6.45, 7) is 2.38. The lowest BCUT2D eigenvalue weighted by Gasteiger charge is -2.09. The number of hydrogen-bond acceptors (Lipinski definition) is 9. The number of ether oxygens (including phenoxy) is 3. The van der Waals surface area contributed by atoms with Gasteiger partial charge in [0.2, 0.25) is 5.90 Å². The van der Waals surface area contributed by atoms with E-state index < -0.39 is 22.8 Å². The van der Waals surface area contributed by atoms with Gasteiger partial charge in [-0.2, -0.15) is 0 Å². The van der Waals surface area contributed by atoms with Crippen LogP contribution in [0.4, 0.5) is 5.69 Å². The number of hydrogen-bond donors (Lipinski definition) is 0. The van der Waals surface area contributed by atoms with E-state index in [1.54, 1.807) is 0 Å². The molecule has 158 valence electrons. The van der Waals surface area contributed by atoms with Gasteiger partial charge < -0.3 is 14.2 Å². The van der Waals surface area contributed by atoms with E-state index in [1.807, 2.05) is 0 Å². The Bertz CT molecular complexity index is 1190. The molecule has 3 rings (SSSR count). The minimum atomic E-state index is -0.775. The lowest BCUT2D eigenvalue weighted by atomic mass is 10.1. The number of aliphatic imine (C=N–C) groups is 1. The summed E-state index contributed by atoms with van der Waals surface area (Å²) < 4.78 is 15.2. The first kappa shape index (κ1) is 21.7. The zero-order valence-electron chi connectivity index (χ0n) is 16.1. The van der Waals surface area contributed by atoms with Gasteiger partial charge in [-0.3, -0.25) is 19.7 Å². The molecule has 1 aliphatic heterocycles. The zero-order chi connectivity index (χ0) is 22.7. The van der Waals surface area contributed by atoms with Crippen molar-refractivity contribution in [3.63, 3.8) is 0 Å². The van der Waals surface area contributed by atoms with Crippen LogP contribution in [0, 0.1) is 10.1 Å². The van der Waals surface area contributed by atoms with Crippen LogP contribution in [0.3, 0.4) is 0 Å². The monoisotopic (exact) mass is 444 g/mol. The van der Waals surface area contributed by atoms with Crippen LogP contribution in [-0.4, -0.2) is 28.7 Å². The van der Waals surface area contributed by atoms with Crippen LogP contribution in [0.25, 0.3) is 6.08 Å². The smallest absolute Gasteiger partial charge is 0.363 e. The lowest BCUT2D eigenvalue weighted by Crippen LogP contribution is -2.07. The van der Waals surface area contributed by atoms with E-state index >= 15 is 0 Å². The molecule has 0 aromatic heterocycles. The number of nitro benzene ring substituents is 1. The van der Waals surface area contributed by atoms with Crippen molar-refractivity contribution in [1.82, 2.24) is 0 Å². The molecule has 1 aliphatic rings. The molecule has 0 N–H and O–H groups in total. The Morgan fingerprint density at radius 1 is 1.10 bits per heavy atom. The van der Waals surface area contributed by atoms with Gasteiger partial charge in [0.25, 0.3) is 5.69 Å². The predicted molar refractivity (Wildman–Crippen MR) is 108 cm³/mol. The molecule has 0 spiro atoms. The Morgan fingerprint density at radius 3 is 2.39 bits per heavy atom. The van der Waals surface area contributed by atoms with E-state index in [1.165, 1.54) is 50.3 Å². The fourth-order valence-corrected chi connectivity index (χ4v) is 2.82. The molecule has 10 nitrogen and oxygen atoms in total. The molecule has 0 fully saturated rings. The fourth-order valence-electron chi connectivity index (χ4n) is 2.56. The maximum absolute atomic E-state index is 12.2. The number of non-ortho nitro benzene ring substituents is 1.